The first-order valence-electron chi connectivity index (χ1n) is 8.17. The molecule has 1 fully saturated rings. The molecule has 0 saturated carbocycles. The average Bonchev–Trinajstić information content (AvgIpc) is 2.59. The van der Waals surface area contributed by atoms with Crippen LogP contribution in [-0.2, 0) is 14.8 Å². The van der Waals surface area contributed by atoms with Crippen molar-refractivity contribution in [2.45, 2.75) is 31.1 Å². The Kier molecular flexibility index (Phi) is 4.95. The van der Waals surface area contributed by atoms with Gasteiger partial charge in [0.05, 0.1) is 10.6 Å². The summed E-state index contributed by atoms with van der Waals surface area (Å²) in [6.07, 6.45) is 2.19. The van der Waals surface area contributed by atoms with Gasteiger partial charge in [-0.2, -0.15) is 0 Å². The van der Waals surface area contributed by atoms with Crippen LogP contribution in [0.15, 0.2) is 41.3 Å². The van der Waals surface area contributed by atoms with Crippen molar-refractivity contribution < 1.29 is 22.0 Å². The SMILES string of the molecule is Cc1ccc(NS(=O)(=O)c2ccc(F)c(F)c2)cc1N1CCCCC1=O. The zero-order chi connectivity index (χ0) is 18.9. The van der Waals surface area contributed by atoms with Crippen molar-refractivity contribution in [3.8, 4) is 0 Å². The summed E-state index contributed by atoms with van der Waals surface area (Å²) in [5.74, 6) is -2.36. The zero-order valence-corrected chi connectivity index (χ0v) is 14.9. The second kappa shape index (κ2) is 7.03. The van der Waals surface area contributed by atoms with E-state index in [1.165, 1.54) is 0 Å². The van der Waals surface area contributed by atoms with Crippen molar-refractivity contribution >= 4 is 27.3 Å². The van der Waals surface area contributed by atoms with Crippen LogP contribution < -0.4 is 9.62 Å². The second-order valence-electron chi connectivity index (χ2n) is 6.19. The molecule has 1 saturated heterocycles. The maximum atomic E-state index is 13.3. The molecule has 1 N–H and O–H groups in total. The zero-order valence-electron chi connectivity index (χ0n) is 14.1. The lowest BCUT2D eigenvalue weighted by atomic mass is 10.1. The third-order valence-electron chi connectivity index (χ3n) is 4.28. The Morgan fingerprint density at radius 2 is 1.81 bits per heavy atom. The number of nitrogens with one attached hydrogen (secondary N) is 1. The highest BCUT2D eigenvalue weighted by molar-refractivity contribution is 7.92. The monoisotopic (exact) mass is 380 g/mol. The molecule has 1 heterocycles. The Labute approximate surface area is 150 Å². The minimum absolute atomic E-state index is 0.0000344. The second-order valence-corrected chi connectivity index (χ2v) is 7.87. The standard InChI is InChI=1S/C18H18F2N2O3S/c1-12-5-6-13(10-17(12)22-9-3-2-4-18(22)23)21-26(24,25)14-7-8-15(19)16(20)11-14/h5-8,10-11,21H,2-4,9H2,1H3. The van der Waals surface area contributed by atoms with Gasteiger partial charge in [0.1, 0.15) is 0 Å². The Balaban J connectivity index is 1.91. The van der Waals surface area contributed by atoms with E-state index >= 15 is 0 Å². The number of hydrogen-bond acceptors (Lipinski definition) is 3. The fourth-order valence-electron chi connectivity index (χ4n) is 2.88. The third-order valence-corrected chi connectivity index (χ3v) is 5.66. The maximum absolute atomic E-state index is 13.3. The Bertz CT molecular complexity index is 961. The first-order chi connectivity index (χ1) is 12.3. The van der Waals surface area contributed by atoms with E-state index in [0.717, 1.165) is 30.5 Å². The van der Waals surface area contributed by atoms with Crippen LogP contribution in [0.4, 0.5) is 20.2 Å². The molecule has 0 bridgehead atoms. The predicted octanol–water partition coefficient (Wildman–Crippen LogP) is 3.59. The minimum Gasteiger partial charge on any atom is -0.312 e. The Morgan fingerprint density at radius 1 is 1.04 bits per heavy atom. The number of anilines is 2. The van der Waals surface area contributed by atoms with Gasteiger partial charge in [-0.25, -0.2) is 17.2 Å². The van der Waals surface area contributed by atoms with E-state index in [9.17, 15) is 22.0 Å². The Hall–Kier alpha value is -2.48. The number of benzene rings is 2. The topological polar surface area (TPSA) is 66.5 Å². The number of halogens is 2. The number of nitrogens with zero attached hydrogens (tertiary/aromatic N) is 1. The molecule has 0 spiro atoms. The molecule has 3 rings (SSSR count). The molecule has 0 aliphatic carbocycles. The van der Waals surface area contributed by atoms with E-state index in [2.05, 4.69) is 4.72 Å². The van der Waals surface area contributed by atoms with Gasteiger partial charge in [0.2, 0.25) is 5.91 Å². The number of rotatable bonds is 4. The quantitative estimate of drug-likeness (QED) is 0.882. The fourth-order valence-corrected chi connectivity index (χ4v) is 3.94. The van der Waals surface area contributed by atoms with E-state index < -0.39 is 21.7 Å². The van der Waals surface area contributed by atoms with Gasteiger partial charge in [0, 0.05) is 18.7 Å². The summed E-state index contributed by atoms with van der Waals surface area (Å²) in [6.45, 7) is 2.42. The number of carbonyl (C=O) groups is 1. The van der Waals surface area contributed by atoms with E-state index in [0.29, 0.717) is 24.7 Å². The number of hydrogen-bond donors (Lipinski definition) is 1. The fraction of sp³-hybridized carbons (Fsp3) is 0.278. The van der Waals surface area contributed by atoms with Gasteiger partial charge in [-0.05, 0) is 55.7 Å². The van der Waals surface area contributed by atoms with Gasteiger partial charge in [-0.1, -0.05) is 6.07 Å². The lowest BCUT2D eigenvalue weighted by molar-refractivity contribution is -0.119. The molecular formula is C18H18F2N2O3S. The number of piperidine rings is 1. The maximum Gasteiger partial charge on any atom is 0.262 e. The number of amides is 1. The molecule has 2 aromatic rings. The van der Waals surface area contributed by atoms with E-state index in [1.54, 1.807) is 23.1 Å². The number of carbonyl (C=O) groups excluding carboxylic acids is 1. The van der Waals surface area contributed by atoms with Gasteiger partial charge >= 0.3 is 0 Å². The highest BCUT2D eigenvalue weighted by Crippen LogP contribution is 2.29. The van der Waals surface area contributed by atoms with E-state index in [-0.39, 0.29) is 16.5 Å². The molecule has 138 valence electrons. The van der Waals surface area contributed by atoms with Crippen molar-refractivity contribution in [1.29, 1.82) is 0 Å². The summed E-state index contributed by atoms with van der Waals surface area (Å²) in [7, 11) is -4.09. The van der Waals surface area contributed by atoms with Gasteiger partial charge < -0.3 is 4.90 Å². The van der Waals surface area contributed by atoms with Crippen LogP contribution in [-0.4, -0.2) is 20.9 Å². The van der Waals surface area contributed by atoms with Crippen molar-refractivity contribution in [2.24, 2.45) is 0 Å². The largest absolute Gasteiger partial charge is 0.312 e. The molecular weight excluding hydrogens is 362 g/mol. The predicted molar refractivity (Wildman–Crippen MR) is 94.5 cm³/mol. The lowest BCUT2D eigenvalue weighted by Gasteiger charge is -2.28. The molecule has 0 aromatic heterocycles. The van der Waals surface area contributed by atoms with Gasteiger partial charge in [0.25, 0.3) is 10.0 Å². The highest BCUT2D eigenvalue weighted by atomic mass is 32.2. The molecule has 1 aliphatic heterocycles. The van der Waals surface area contributed by atoms with Crippen molar-refractivity contribution in [1.82, 2.24) is 0 Å². The highest BCUT2D eigenvalue weighted by Gasteiger charge is 2.22. The normalized spacial score (nSPS) is 15.2. The molecule has 26 heavy (non-hydrogen) atoms. The van der Waals surface area contributed by atoms with Crippen LogP contribution >= 0.6 is 0 Å². The average molecular weight is 380 g/mol. The number of sulfonamides is 1. The van der Waals surface area contributed by atoms with Crippen LogP contribution in [0.5, 0.6) is 0 Å². The minimum atomic E-state index is -4.09. The smallest absolute Gasteiger partial charge is 0.262 e. The van der Waals surface area contributed by atoms with Gasteiger partial charge in [-0.3, -0.25) is 9.52 Å². The molecule has 8 heteroatoms. The molecule has 2 aromatic carbocycles. The van der Waals surface area contributed by atoms with Crippen LogP contribution in [0.25, 0.3) is 0 Å². The number of aryl methyl sites for hydroxylation is 1. The van der Waals surface area contributed by atoms with Crippen molar-refractivity contribution in [3.05, 3.63) is 53.6 Å². The molecule has 5 nitrogen and oxygen atoms in total. The first-order valence-corrected chi connectivity index (χ1v) is 9.65. The van der Waals surface area contributed by atoms with Crippen LogP contribution in [0.2, 0.25) is 0 Å². The van der Waals surface area contributed by atoms with Crippen molar-refractivity contribution in [2.75, 3.05) is 16.2 Å². The van der Waals surface area contributed by atoms with Crippen molar-refractivity contribution in [3.63, 3.8) is 0 Å². The van der Waals surface area contributed by atoms with Crippen LogP contribution in [0, 0.1) is 18.6 Å². The summed E-state index contributed by atoms with van der Waals surface area (Å²) >= 11 is 0. The molecule has 0 unspecified atom stereocenters. The summed E-state index contributed by atoms with van der Waals surface area (Å²) in [5.41, 5.74) is 1.73. The molecule has 0 atom stereocenters. The van der Waals surface area contributed by atoms with Crippen LogP contribution in [0.3, 0.4) is 0 Å². The van der Waals surface area contributed by atoms with Gasteiger partial charge in [-0.15, -0.1) is 0 Å². The van der Waals surface area contributed by atoms with Gasteiger partial charge in [0.15, 0.2) is 11.6 Å². The van der Waals surface area contributed by atoms with Crippen LogP contribution in [0.1, 0.15) is 24.8 Å². The Morgan fingerprint density at radius 3 is 2.50 bits per heavy atom. The molecule has 0 radical (unpaired) electrons. The summed E-state index contributed by atoms with van der Waals surface area (Å²) in [4.78, 5) is 13.4. The molecule has 1 aliphatic rings. The molecule has 1 amide bonds. The summed E-state index contributed by atoms with van der Waals surface area (Å²) in [5, 5.41) is 0. The third kappa shape index (κ3) is 3.70. The van der Waals surface area contributed by atoms with E-state index in [4.69, 9.17) is 0 Å². The summed E-state index contributed by atoms with van der Waals surface area (Å²) < 4.78 is 53.6. The van der Waals surface area contributed by atoms with E-state index in [1.807, 2.05) is 6.92 Å². The summed E-state index contributed by atoms with van der Waals surface area (Å²) in [6, 6.07) is 7.22. The first kappa shape index (κ1) is 18.3. The lowest BCUT2D eigenvalue weighted by Crippen LogP contribution is -2.35.